The number of nitrogens with one attached hydrogen (secondary N) is 2. The van der Waals surface area contributed by atoms with Crippen LogP contribution in [0.25, 0.3) is 10.9 Å². The van der Waals surface area contributed by atoms with Gasteiger partial charge >= 0.3 is 0 Å². The Morgan fingerprint density at radius 3 is 2.32 bits per heavy atom. The lowest BCUT2D eigenvalue weighted by Crippen LogP contribution is -2.49. The van der Waals surface area contributed by atoms with Crippen LogP contribution in [0.3, 0.4) is 0 Å². The first-order valence-electron chi connectivity index (χ1n) is 10.8. The average Bonchev–Trinajstić information content (AvgIpc) is 3.08. The Balaban J connectivity index is 1.29. The standard InChI is InChI=1S/C25H30N4O2/c1-17-7-6-10-21(18(17)2)27-24(31)16-29-13-11-28(12-14-29)15-23(30)25-19(3)26-22-9-5-4-8-20(22)25/h4-10,26H,11-16H2,1-3H3,(H,27,31). The highest BCUT2D eigenvalue weighted by Crippen LogP contribution is 2.23. The molecule has 162 valence electrons. The quantitative estimate of drug-likeness (QED) is 0.601. The van der Waals surface area contributed by atoms with E-state index in [0.717, 1.165) is 59.6 Å². The van der Waals surface area contributed by atoms with Gasteiger partial charge in [-0.25, -0.2) is 0 Å². The molecule has 2 heterocycles. The minimum atomic E-state index is 0.00708. The Kier molecular flexibility index (Phi) is 6.20. The number of Topliss-reactive ketones (excluding diaryl/α,β-unsaturated/α-hetero) is 1. The molecule has 0 atom stereocenters. The summed E-state index contributed by atoms with van der Waals surface area (Å²) in [6.07, 6.45) is 0. The van der Waals surface area contributed by atoms with Crippen molar-refractivity contribution in [1.29, 1.82) is 0 Å². The molecular formula is C25H30N4O2. The minimum absolute atomic E-state index is 0.00708. The van der Waals surface area contributed by atoms with Crippen molar-refractivity contribution < 1.29 is 9.59 Å². The Labute approximate surface area is 183 Å². The summed E-state index contributed by atoms with van der Waals surface area (Å²) in [5, 5.41) is 4.02. The average molecular weight is 419 g/mol. The molecular weight excluding hydrogens is 388 g/mol. The normalized spacial score (nSPS) is 15.3. The number of fused-ring (bicyclic) bond motifs is 1. The third-order valence-corrected chi connectivity index (χ3v) is 6.25. The molecule has 1 amide bonds. The molecule has 2 N–H and O–H groups in total. The fourth-order valence-corrected chi connectivity index (χ4v) is 4.30. The molecule has 1 aromatic heterocycles. The molecule has 0 radical (unpaired) electrons. The highest BCUT2D eigenvalue weighted by atomic mass is 16.2. The molecule has 2 aromatic carbocycles. The summed E-state index contributed by atoms with van der Waals surface area (Å²) in [4.78, 5) is 33.1. The van der Waals surface area contributed by atoms with Gasteiger partial charge in [-0.1, -0.05) is 30.3 Å². The van der Waals surface area contributed by atoms with Crippen LogP contribution in [0.5, 0.6) is 0 Å². The first-order valence-corrected chi connectivity index (χ1v) is 10.8. The van der Waals surface area contributed by atoms with Crippen LogP contribution in [0.15, 0.2) is 42.5 Å². The monoisotopic (exact) mass is 418 g/mol. The highest BCUT2D eigenvalue weighted by Gasteiger charge is 2.23. The van der Waals surface area contributed by atoms with E-state index in [1.807, 2.05) is 63.2 Å². The van der Waals surface area contributed by atoms with Crippen LogP contribution in [-0.4, -0.2) is 65.7 Å². The van der Waals surface area contributed by atoms with Gasteiger partial charge in [0.25, 0.3) is 0 Å². The number of benzene rings is 2. The number of rotatable bonds is 6. The summed E-state index contributed by atoms with van der Waals surface area (Å²) in [5.41, 5.74) is 5.87. The van der Waals surface area contributed by atoms with Gasteiger partial charge in [-0.05, 0) is 44.0 Å². The van der Waals surface area contributed by atoms with Crippen molar-refractivity contribution in [3.05, 3.63) is 64.8 Å². The smallest absolute Gasteiger partial charge is 0.238 e. The second kappa shape index (κ2) is 9.04. The molecule has 1 fully saturated rings. The predicted molar refractivity (Wildman–Crippen MR) is 125 cm³/mol. The van der Waals surface area contributed by atoms with Crippen LogP contribution in [-0.2, 0) is 4.79 Å². The summed E-state index contributed by atoms with van der Waals surface area (Å²) < 4.78 is 0. The Hall–Kier alpha value is -2.96. The summed E-state index contributed by atoms with van der Waals surface area (Å²) in [5.74, 6) is 0.156. The van der Waals surface area contributed by atoms with E-state index in [1.54, 1.807) is 0 Å². The lowest BCUT2D eigenvalue weighted by atomic mass is 10.1. The van der Waals surface area contributed by atoms with Crippen LogP contribution >= 0.6 is 0 Å². The molecule has 1 aliphatic rings. The van der Waals surface area contributed by atoms with Crippen LogP contribution in [0, 0.1) is 20.8 Å². The van der Waals surface area contributed by atoms with E-state index in [2.05, 4.69) is 20.1 Å². The molecule has 1 saturated heterocycles. The molecule has 0 spiro atoms. The van der Waals surface area contributed by atoms with Crippen molar-refractivity contribution in [2.45, 2.75) is 20.8 Å². The second-order valence-corrected chi connectivity index (χ2v) is 8.44. The van der Waals surface area contributed by atoms with E-state index in [4.69, 9.17) is 0 Å². The van der Waals surface area contributed by atoms with E-state index < -0.39 is 0 Å². The van der Waals surface area contributed by atoms with E-state index in [9.17, 15) is 9.59 Å². The Bertz CT molecular complexity index is 1110. The fourth-order valence-electron chi connectivity index (χ4n) is 4.30. The van der Waals surface area contributed by atoms with Gasteiger partial charge in [0.15, 0.2) is 5.78 Å². The van der Waals surface area contributed by atoms with Crippen molar-refractivity contribution in [3.8, 4) is 0 Å². The van der Waals surface area contributed by atoms with E-state index in [1.165, 1.54) is 5.56 Å². The molecule has 0 aliphatic carbocycles. The van der Waals surface area contributed by atoms with E-state index in [-0.39, 0.29) is 11.7 Å². The van der Waals surface area contributed by atoms with Crippen LogP contribution in [0.1, 0.15) is 27.2 Å². The fraction of sp³-hybridized carbons (Fsp3) is 0.360. The third kappa shape index (κ3) is 4.70. The third-order valence-electron chi connectivity index (χ3n) is 6.25. The number of amides is 1. The number of H-pyrrole nitrogens is 1. The first kappa shape index (κ1) is 21.3. The molecule has 1 aliphatic heterocycles. The lowest BCUT2D eigenvalue weighted by molar-refractivity contribution is -0.117. The SMILES string of the molecule is Cc1cccc(NC(=O)CN2CCN(CC(=O)c3c(C)[nH]c4ccccc34)CC2)c1C. The number of aromatic nitrogens is 1. The summed E-state index contributed by atoms with van der Waals surface area (Å²) in [6, 6.07) is 13.9. The molecule has 3 aromatic rings. The number of piperazine rings is 1. The maximum Gasteiger partial charge on any atom is 0.238 e. The zero-order valence-corrected chi connectivity index (χ0v) is 18.5. The zero-order chi connectivity index (χ0) is 22.0. The maximum atomic E-state index is 13.0. The Morgan fingerprint density at radius 2 is 1.58 bits per heavy atom. The number of hydrogen-bond acceptors (Lipinski definition) is 4. The number of nitrogens with zero attached hydrogens (tertiary/aromatic N) is 2. The highest BCUT2D eigenvalue weighted by molar-refractivity contribution is 6.10. The summed E-state index contributed by atoms with van der Waals surface area (Å²) in [6.45, 7) is 9.93. The van der Waals surface area contributed by atoms with Crippen molar-refractivity contribution in [1.82, 2.24) is 14.8 Å². The number of para-hydroxylation sites is 1. The number of ketones is 1. The predicted octanol–water partition coefficient (Wildman–Crippen LogP) is 3.53. The topological polar surface area (TPSA) is 68.4 Å². The van der Waals surface area contributed by atoms with Crippen molar-refractivity contribution in [2.75, 3.05) is 44.6 Å². The van der Waals surface area contributed by atoms with Crippen molar-refractivity contribution >= 4 is 28.3 Å². The first-order chi connectivity index (χ1) is 14.9. The van der Waals surface area contributed by atoms with Crippen LogP contribution in [0.4, 0.5) is 5.69 Å². The summed E-state index contributed by atoms with van der Waals surface area (Å²) in [7, 11) is 0. The molecule has 31 heavy (non-hydrogen) atoms. The van der Waals surface area contributed by atoms with Gasteiger partial charge in [-0.2, -0.15) is 0 Å². The summed E-state index contributed by atoms with van der Waals surface area (Å²) >= 11 is 0. The molecule has 0 unspecified atom stereocenters. The number of carbonyl (C=O) groups is 2. The number of carbonyl (C=O) groups excluding carboxylic acids is 2. The molecule has 0 bridgehead atoms. The van der Waals surface area contributed by atoms with Crippen LogP contribution in [0.2, 0.25) is 0 Å². The van der Waals surface area contributed by atoms with Gasteiger partial charge in [0.2, 0.25) is 5.91 Å². The van der Waals surface area contributed by atoms with E-state index in [0.29, 0.717) is 13.1 Å². The minimum Gasteiger partial charge on any atom is -0.358 e. The van der Waals surface area contributed by atoms with Gasteiger partial charge in [0.05, 0.1) is 13.1 Å². The molecule has 6 heteroatoms. The van der Waals surface area contributed by atoms with Gasteiger partial charge in [-0.3, -0.25) is 19.4 Å². The van der Waals surface area contributed by atoms with Gasteiger partial charge in [-0.15, -0.1) is 0 Å². The maximum absolute atomic E-state index is 13.0. The number of hydrogen-bond donors (Lipinski definition) is 2. The second-order valence-electron chi connectivity index (χ2n) is 8.44. The Morgan fingerprint density at radius 1 is 0.903 bits per heavy atom. The number of aryl methyl sites for hydroxylation is 2. The number of aromatic amines is 1. The molecule has 4 rings (SSSR count). The van der Waals surface area contributed by atoms with Crippen LogP contribution < -0.4 is 5.32 Å². The lowest BCUT2D eigenvalue weighted by Gasteiger charge is -2.33. The largest absolute Gasteiger partial charge is 0.358 e. The molecule has 0 saturated carbocycles. The van der Waals surface area contributed by atoms with Crippen molar-refractivity contribution in [2.24, 2.45) is 0 Å². The molecule has 6 nitrogen and oxygen atoms in total. The van der Waals surface area contributed by atoms with Gasteiger partial charge in [0.1, 0.15) is 0 Å². The number of anilines is 1. The zero-order valence-electron chi connectivity index (χ0n) is 18.5. The van der Waals surface area contributed by atoms with E-state index >= 15 is 0 Å². The van der Waals surface area contributed by atoms with Gasteiger partial charge < -0.3 is 10.3 Å². The van der Waals surface area contributed by atoms with Gasteiger partial charge in [0, 0.05) is 54.0 Å². The van der Waals surface area contributed by atoms with Crippen molar-refractivity contribution in [3.63, 3.8) is 0 Å².